The van der Waals surface area contributed by atoms with E-state index >= 15 is 0 Å². The Balaban J connectivity index is 2.61. The normalized spacial score (nSPS) is 11.2. The maximum atomic E-state index is 10.8. The van der Waals surface area contributed by atoms with E-state index in [1.54, 1.807) is 14.2 Å². The molecule has 0 aromatic heterocycles. The molecule has 0 aliphatic heterocycles. The molecule has 0 unspecified atom stereocenters. The topological polar surface area (TPSA) is 47.9 Å². The summed E-state index contributed by atoms with van der Waals surface area (Å²) in [6.07, 6.45) is 0. The van der Waals surface area contributed by atoms with Gasteiger partial charge in [-0.1, -0.05) is 27.7 Å². The number of rotatable bonds is 6. The van der Waals surface area contributed by atoms with Crippen molar-refractivity contribution < 1.29 is 19.3 Å². The number of ether oxygens (including phenoxy) is 3. The van der Waals surface area contributed by atoms with Gasteiger partial charge in [-0.05, 0) is 49.4 Å². The lowest BCUT2D eigenvalue weighted by Gasteiger charge is -2.21. The predicted octanol–water partition coefficient (Wildman–Crippen LogP) is 6.07. The Labute approximate surface area is 156 Å². The molecule has 0 saturated carbocycles. The van der Waals surface area contributed by atoms with Crippen LogP contribution in [0.4, 0.5) is 0 Å². The second kappa shape index (κ2) is 7.90. The number of benzene rings is 2. The van der Waals surface area contributed by atoms with Gasteiger partial charge in [-0.3, -0.25) is 0 Å². The van der Waals surface area contributed by atoms with Gasteiger partial charge in [0.15, 0.2) is 11.5 Å². The molecule has 0 atom stereocenters. The lowest BCUT2D eigenvalue weighted by Crippen LogP contribution is -2.01. The average molecular weight is 358 g/mol. The molecule has 2 rings (SSSR count). The zero-order valence-electron chi connectivity index (χ0n) is 17.1. The standard InChI is InChI=1S/C22H30O4/c1-12(2)16-10-18(14(5)9-20(16)25-8)26-22-15(6)19(24-7)11-17(13(3)4)21(22)23/h9-13,23H,1-8H3. The van der Waals surface area contributed by atoms with Crippen LogP contribution >= 0.6 is 0 Å². The van der Waals surface area contributed by atoms with Gasteiger partial charge in [0, 0.05) is 16.7 Å². The van der Waals surface area contributed by atoms with Crippen LogP contribution in [0.3, 0.4) is 0 Å². The predicted molar refractivity (Wildman–Crippen MR) is 105 cm³/mol. The maximum absolute atomic E-state index is 10.8. The van der Waals surface area contributed by atoms with Gasteiger partial charge in [-0.25, -0.2) is 0 Å². The first-order valence-electron chi connectivity index (χ1n) is 8.98. The summed E-state index contributed by atoms with van der Waals surface area (Å²) in [4.78, 5) is 0. The Bertz CT molecular complexity index is 791. The van der Waals surface area contributed by atoms with Gasteiger partial charge in [0.2, 0.25) is 0 Å². The summed E-state index contributed by atoms with van der Waals surface area (Å²) in [5, 5.41) is 10.8. The van der Waals surface area contributed by atoms with Crippen LogP contribution in [0.2, 0.25) is 0 Å². The molecule has 0 heterocycles. The third-order valence-electron chi connectivity index (χ3n) is 4.69. The number of phenolic OH excluding ortho intramolecular Hbond substituents is 1. The Morgan fingerprint density at radius 1 is 0.769 bits per heavy atom. The number of phenols is 1. The first-order chi connectivity index (χ1) is 12.2. The van der Waals surface area contributed by atoms with E-state index in [-0.39, 0.29) is 11.7 Å². The number of aromatic hydroxyl groups is 1. The van der Waals surface area contributed by atoms with Gasteiger partial charge in [0.25, 0.3) is 0 Å². The molecule has 0 fully saturated rings. The van der Waals surface area contributed by atoms with Crippen molar-refractivity contribution in [3.63, 3.8) is 0 Å². The molecule has 0 radical (unpaired) electrons. The van der Waals surface area contributed by atoms with E-state index in [0.717, 1.165) is 28.0 Å². The van der Waals surface area contributed by atoms with E-state index in [9.17, 15) is 5.11 Å². The van der Waals surface area contributed by atoms with E-state index < -0.39 is 0 Å². The average Bonchev–Trinajstić information content (AvgIpc) is 2.58. The van der Waals surface area contributed by atoms with Crippen LogP contribution in [-0.2, 0) is 0 Å². The van der Waals surface area contributed by atoms with E-state index in [1.807, 2.05) is 45.9 Å². The minimum absolute atomic E-state index is 0.148. The van der Waals surface area contributed by atoms with Crippen molar-refractivity contribution in [2.45, 2.75) is 53.4 Å². The highest BCUT2D eigenvalue weighted by Crippen LogP contribution is 2.45. The molecule has 4 nitrogen and oxygen atoms in total. The molecule has 142 valence electrons. The SMILES string of the molecule is COc1cc(C)c(Oc2c(C)c(OC)cc(C(C)C)c2O)cc1C(C)C. The number of methoxy groups -OCH3 is 2. The largest absolute Gasteiger partial charge is 0.504 e. The van der Waals surface area contributed by atoms with Crippen molar-refractivity contribution in [2.75, 3.05) is 14.2 Å². The molecule has 26 heavy (non-hydrogen) atoms. The van der Waals surface area contributed by atoms with E-state index in [4.69, 9.17) is 14.2 Å². The monoisotopic (exact) mass is 358 g/mol. The van der Waals surface area contributed by atoms with Crippen LogP contribution in [0.15, 0.2) is 18.2 Å². The number of hydrogen-bond acceptors (Lipinski definition) is 4. The molecule has 0 bridgehead atoms. The summed E-state index contributed by atoms with van der Waals surface area (Å²) in [7, 11) is 3.30. The van der Waals surface area contributed by atoms with E-state index in [2.05, 4.69) is 13.8 Å². The molecular formula is C22H30O4. The smallest absolute Gasteiger partial charge is 0.175 e. The van der Waals surface area contributed by atoms with Gasteiger partial charge in [0.1, 0.15) is 17.2 Å². The Hall–Kier alpha value is -2.36. The van der Waals surface area contributed by atoms with Crippen molar-refractivity contribution in [2.24, 2.45) is 0 Å². The van der Waals surface area contributed by atoms with Crippen molar-refractivity contribution in [3.05, 3.63) is 40.5 Å². The van der Waals surface area contributed by atoms with Crippen molar-refractivity contribution in [1.29, 1.82) is 0 Å². The summed E-state index contributed by atoms with van der Waals surface area (Å²) < 4.78 is 17.2. The minimum Gasteiger partial charge on any atom is -0.504 e. The second-order valence-electron chi connectivity index (χ2n) is 7.24. The fraction of sp³-hybridized carbons (Fsp3) is 0.455. The van der Waals surface area contributed by atoms with Crippen LogP contribution in [-0.4, -0.2) is 19.3 Å². The molecule has 0 aliphatic rings. The van der Waals surface area contributed by atoms with Crippen LogP contribution in [0.5, 0.6) is 28.7 Å². The van der Waals surface area contributed by atoms with Crippen molar-refractivity contribution >= 4 is 0 Å². The van der Waals surface area contributed by atoms with Crippen molar-refractivity contribution in [1.82, 2.24) is 0 Å². The third-order valence-corrected chi connectivity index (χ3v) is 4.69. The molecular weight excluding hydrogens is 328 g/mol. The van der Waals surface area contributed by atoms with Crippen LogP contribution in [0.25, 0.3) is 0 Å². The first-order valence-corrected chi connectivity index (χ1v) is 8.98. The number of aryl methyl sites for hydroxylation is 1. The molecule has 2 aromatic carbocycles. The fourth-order valence-electron chi connectivity index (χ4n) is 3.04. The Kier molecular flexibility index (Phi) is 6.06. The van der Waals surface area contributed by atoms with Crippen LogP contribution in [0, 0.1) is 13.8 Å². The van der Waals surface area contributed by atoms with Gasteiger partial charge in [0.05, 0.1) is 14.2 Å². The first kappa shape index (κ1) is 20.0. The second-order valence-corrected chi connectivity index (χ2v) is 7.24. The lowest BCUT2D eigenvalue weighted by atomic mass is 9.98. The maximum Gasteiger partial charge on any atom is 0.175 e. The fourth-order valence-corrected chi connectivity index (χ4v) is 3.04. The number of hydrogen-bond donors (Lipinski definition) is 1. The summed E-state index contributed by atoms with van der Waals surface area (Å²) >= 11 is 0. The van der Waals surface area contributed by atoms with Gasteiger partial charge >= 0.3 is 0 Å². The zero-order chi connectivity index (χ0) is 19.6. The highest BCUT2D eigenvalue weighted by molar-refractivity contribution is 5.60. The molecule has 0 saturated heterocycles. The Morgan fingerprint density at radius 2 is 1.31 bits per heavy atom. The van der Waals surface area contributed by atoms with Gasteiger partial charge < -0.3 is 19.3 Å². The summed E-state index contributed by atoms with van der Waals surface area (Å²) in [6.45, 7) is 12.1. The summed E-state index contributed by atoms with van der Waals surface area (Å²) in [5.41, 5.74) is 3.59. The minimum atomic E-state index is 0.148. The highest BCUT2D eigenvalue weighted by Gasteiger charge is 2.21. The van der Waals surface area contributed by atoms with Crippen LogP contribution < -0.4 is 14.2 Å². The zero-order valence-corrected chi connectivity index (χ0v) is 17.1. The van der Waals surface area contributed by atoms with E-state index in [1.165, 1.54) is 0 Å². The van der Waals surface area contributed by atoms with Crippen LogP contribution in [0.1, 0.15) is 61.8 Å². The third kappa shape index (κ3) is 3.74. The lowest BCUT2D eigenvalue weighted by molar-refractivity contribution is 0.378. The highest BCUT2D eigenvalue weighted by atomic mass is 16.5. The van der Waals surface area contributed by atoms with Gasteiger partial charge in [-0.2, -0.15) is 0 Å². The van der Waals surface area contributed by atoms with Crippen molar-refractivity contribution in [3.8, 4) is 28.7 Å². The molecule has 1 N–H and O–H groups in total. The molecule has 0 aliphatic carbocycles. The molecule has 0 spiro atoms. The Morgan fingerprint density at radius 3 is 1.81 bits per heavy atom. The quantitative estimate of drug-likeness (QED) is 0.681. The van der Waals surface area contributed by atoms with E-state index in [0.29, 0.717) is 23.2 Å². The van der Waals surface area contributed by atoms with Gasteiger partial charge in [-0.15, -0.1) is 0 Å². The summed E-state index contributed by atoms with van der Waals surface area (Å²) in [5.74, 6) is 3.30. The molecule has 0 amide bonds. The molecule has 4 heteroatoms. The molecule has 2 aromatic rings. The summed E-state index contributed by atoms with van der Waals surface area (Å²) in [6, 6.07) is 5.84.